The Kier molecular flexibility index (Phi) is 4.88. The Morgan fingerprint density at radius 3 is 2.50 bits per heavy atom. The van der Waals surface area contributed by atoms with E-state index < -0.39 is 6.09 Å². The molecule has 1 aliphatic heterocycles. The standard InChI is InChI=1S/C22H15ClN2O3/c23-17-7-9-18(10-8-17)25-21(14-27-22(25)26)16-4-2-6-20(12-16)28-19-5-1-3-15(11-19)13-24/h1-12,21H,14H2. The van der Waals surface area contributed by atoms with Crippen molar-refractivity contribution in [3.05, 3.63) is 88.9 Å². The summed E-state index contributed by atoms with van der Waals surface area (Å²) in [6, 6.07) is 23.3. The molecule has 3 aromatic carbocycles. The molecule has 0 bridgehead atoms. The van der Waals surface area contributed by atoms with Crippen LogP contribution in [0.3, 0.4) is 0 Å². The minimum absolute atomic E-state index is 0.245. The zero-order chi connectivity index (χ0) is 19.5. The summed E-state index contributed by atoms with van der Waals surface area (Å²) in [6.45, 7) is 0.245. The monoisotopic (exact) mass is 390 g/mol. The van der Waals surface area contributed by atoms with Crippen LogP contribution in [0.15, 0.2) is 72.8 Å². The van der Waals surface area contributed by atoms with Crippen molar-refractivity contribution in [2.75, 3.05) is 11.5 Å². The second kappa shape index (κ2) is 7.63. The summed E-state index contributed by atoms with van der Waals surface area (Å²) in [5, 5.41) is 9.63. The molecule has 6 heteroatoms. The largest absolute Gasteiger partial charge is 0.457 e. The van der Waals surface area contributed by atoms with Gasteiger partial charge in [-0.3, -0.25) is 4.90 Å². The number of amides is 1. The first-order valence-electron chi connectivity index (χ1n) is 8.63. The van der Waals surface area contributed by atoms with Crippen LogP contribution in [0.1, 0.15) is 17.2 Å². The number of rotatable bonds is 4. The van der Waals surface area contributed by atoms with E-state index in [1.54, 1.807) is 53.4 Å². The summed E-state index contributed by atoms with van der Waals surface area (Å²) in [7, 11) is 0. The molecule has 1 saturated heterocycles. The fourth-order valence-electron chi connectivity index (χ4n) is 3.10. The van der Waals surface area contributed by atoms with Crippen molar-refractivity contribution in [2.24, 2.45) is 0 Å². The van der Waals surface area contributed by atoms with Crippen LogP contribution in [-0.4, -0.2) is 12.7 Å². The third-order valence-corrected chi connectivity index (χ3v) is 4.67. The van der Waals surface area contributed by atoms with Crippen LogP contribution in [0.5, 0.6) is 11.5 Å². The Morgan fingerprint density at radius 2 is 1.75 bits per heavy atom. The lowest BCUT2D eigenvalue weighted by Crippen LogP contribution is -2.27. The summed E-state index contributed by atoms with van der Waals surface area (Å²) in [6.07, 6.45) is -0.402. The molecule has 0 aliphatic carbocycles. The Hall–Kier alpha value is -3.49. The molecule has 3 aromatic rings. The van der Waals surface area contributed by atoms with Gasteiger partial charge in [-0.2, -0.15) is 5.26 Å². The van der Waals surface area contributed by atoms with Gasteiger partial charge in [0.05, 0.1) is 17.7 Å². The zero-order valence-corrected chi connectivity index (χ0v) is 15.5. The Balaban J connectivity index is 1.61. The van der Waals surface area contributed by atoms with E-state index >= 15 is 0 Å². The van der Waals surface area contributed by atoms with Gasteiger partial charge < -0.3 is 9.47 Å². The van der Waals surface area contributed by atoms with Crippen LogP contribution in [0, 0.1) is 11.3 Å². The minimum atomic E-state index is -0.402. The topological polar surface area (TPSA) is 62.6 Å². The maximum absolute atomic E-state index is 12.3. The highest BCUT2D eigenvalue weighted by atomic mass is 35.5. The number of hydrogen-bond donors (Lipinski definition) is 0. The molecule has 138 valence electrons. The summed E-state index contributed by atoms with van der Waals surface area (Å²) in [5.74, 6) is 1.19. The fraction of sp³-hybridized carbons (Fsp3) is 0.0909. The normalized spacial score (nSPS) is 15.8. The smallest absolute Gasteiger partial charge is 0.415 e. The lowest BCUT2D eigenvalue weighted by molar-refractivity contribution is 0.179. The Bertz CT molecular complexity index is 1060. The predicted octanol–water partition coefficient (Wildman–Crippen LogP) is 5.70. The molecule has 0 radical (unpaired) electrons. The minimum Gasteiger partial charge on any atom is -0.457 e. The van der Waals surface area contributed by atoms with Crippen molar-refractivity contribution in [2.45, 2.75) is 6.04 Å². The first kappa shape index (κ1) is 17.9. The summed E-state index contributed by atoms with van der Waals surface area (Å²) >= 11 is 5.96. The SMILES string of the molecule is N#Cc1cccc(Oc2cccc(C3COC(=O)N3c3ccc(Cl)cc3)c2)c1. The van der Waals surface area contributed by atoms with Crippen LogP contribution in [0.25, 0.3) is 0 Å². The van der Waals surface area contributed by atoms with Crippen molar-refractivity contribution in [1.82, 2.24) is 0 Å². The Labute approximate surface area is 167 Å². The highest BCUT2D eigenvalue weighted by Gasteiger charge is 2.35. The number of carbonyl (C=O) groups is 1. The average molecular weight is 391 g/mol. The maximum atomic E-state index is 12.3. The van der Waals surface area contributed by atoms with E-state index in [1.807, 2.05) is 24.3 Å². The van der Waals surface area contributed by atoms with E-state index in [1.165, 1.54) is 0 Å². The molecule has 5 nitrogen and oxygen atoms in total. The second-order valence-corrected chi connectivity index (χ2v) is 6.69. The number of cyclic esters (lactones) is 1. The highest BCUT2D eigenvalue weighted by Crippen LogP contribution is 2.35. The van der Waals surface area contributed by atoms with Gasteiger partial charge in [0, 0.05) is 10.7 Å². The van der Waals surface area contributed by atoms with E-state index in [9.17, 15) is 4.79 Å². The number of carbonyl (C=O) groups excluding carboxylic acids is 1. The maximum Gasteiger partial charge on any atom is 0.415 e. The molecule has 1 aliphatic rings. The third kappa shape index (κ3) is 3.64. The number of halogens is 1. The number of hydrogen-bond acceptors (Lipinski definition) is 4. The zero-order valence-electron chi connectivity index (χ0n) is 14.7. The summed E-state index contributed by atoms with van der Waals surface area (Å²) < 4.78 is 11.2. The van der Waals surface area contributed by atoms with Gasteiger partial charge in [-0.25, -0.2) is 4.79 Å². The lowest BCUT2D eigenvalue weighted by atomic mass is 10.1. The van der Waals surface area contributed by atoms with Crippen LogP contribution < -0.4 is 9.64 Å². The molecule has 28 heavy (non-hydrogen) atoms. The first-order chi connectivity index (χ1) is 13.6. The molecule has 1 heterocycles. The number of ether oxygens (including phenoxy) is 2. The summed E-state index contributed by atoms with van der Waals surface area (Å²) in [5.41, 5.74) is 2.12. The van der Waals surface area contributed by atoms with E-state index in [0.717, 1.165) is 5.56 Å². The van der Waals surface area contributed by atoms with E-state index in [2.05, 4.69) is 6.07 Å². The average Bonchev–Trinajstić information content (AvgIpc) is 3.10. The molecule has 0 aromatic heterocycles. The molecule has 0 saturated carbocycles. The van der Waals surface area contributed by atoms with E-state index in [4.69, 9.17) is 26.3 Å². The third-order valence-electron chi connectivity index (χ3n) is 4.42. The van der Waals surface area contributed by atoms with Crippen LogP contribution >= 0.6 is 11.6 Å². The number of nitrogens with zero attached hydrogens (tertiary/aromatic N) is 2. The van der Waals surface area contributed by atoms with Gasteiger partial charge in [-0.05, 0) is 60.2 Å². The van der Waals surface area contributed by atoms with Crippen molar-refractivity contribution in [3.8, 4) is 17.6 Å². The molecular formula is C22H15ClN2O3. The fourth-order valence-corrected chi connectivity index (χ4v) is 3.23. The number of nitriles is 1. The lowest BCUT2D eigenvalue weighted by Gasteiger charge is -2.22. The molecule has 1 amide bonds. The van der Waals surface area contributed by atoms with Crippen molar-refractivity contribution < 1.29 is 14.3 Å². The molecule has 1 unspecified atom stereocenters. The van der Waals surface area contributed by atoms with Gasteiger partial charge >= 0.3 is 6.09 Å². The van der Waals surface area contributed by atoms with E-state index in [-0.39, 0.29) is 12.6 Å². The molecule has 4 rings (SSSR count). The quantitative estimate of drug-likeness (QED) is 0.573. The molecule has 0 spiro atoms. The van der Waals surface area contributed by atoms with Crippen molar-refractivity contribution in [3.63, 3.8) is 0 Å². The van der Waals surface area contributed by atoms with Gasteiger partial charge in [-0.1, -0.05) is 29.8 Å². The second-order valence-electron chi connectivity index (χ2n) is 6.25. The molecule has 1 fully saturated rings. The predicted molar refractivity (Wildman–Crippen MR) is 106 cm³/mol. The van der Waals surface area contributed by atoms with Gasteiger partial charge in [0.25, 0.3) is 0 Å². The van der Waals surface area contributed by atoms with Gasteiger partial charge in [0.1, 0.15) is 18.1 Å². The van der Waals surface area contributed by atoms with E-state index in [0.29, 0.717) is 27.8 Å². The Morgan fingerprint density at radius 1 is 1.04 bits per heavy atom. The molecule has 1 atom stereocenters. The van der Waals surface area contributed by atoms with Gasteiger partial charge in [-0.15, -0.1) is 0 Å². The first-order valence-corrected chi connectivity index (χ1v) is 9.01. The van der Waals surface area contributed by atoms with Gasteiger partial charge in [0.15, 0.2) is 0 Å². The highest BCUT2D eigenvalue weighted by molar-refractivity contribution is 6.30. The molecule has 0 N–H and O–H groups in total. The number of benzene rings is 3. The number of anilines is 1. The van der Waals surface area contributed by atoms with Crippen molar-refractivity contribution >= 4 is 23.4 Å². The van der Waals surface area contributed by atoms with Crippen LogP contribution in [-0.2, 0) is 4.74 Å². The van der Waals surface area contributed by atoms with Crippen LogP contribution in [0.2, 0.25) is 5.02 Å². The summed E-state index contributed by atoms with van der Waals surface area (Å²) in [4.78, 5) is 13.9. The van der Waals surface area contributed by atoms with Crippen molar-refractivity contribution in [1.29, 1.82) is 5.26 Å². The molecular weight excluding hydrogens is 376 g/mol. The van der Waals surface area contributed by atoms with Gasteiger partial charge in [0.2, 0.25) is 0 Å². The van der Waals surface area contributed by atoms with Crippen LogP contribution in [0.4, 0.5) is 10.5 Å².